The molecule has 7 aromatic carbocycles. The Bertz CT molecular complexity index is 2850. The molecule has 0 aliphatic rings. The molecular formula is C43H25N3O2. The molecule has 0 bridgehead atoms. The van der Waals surface area contributed by atoms with Gasteiger partial charge in [-0.05, 0) is 58.3 Å². The highest BCUT2D eigenvalue weighted by atomic mass is 16.3. The average molecular weight is 616 g/mol. The lowest BCUT2D eigenvalue weighted by molar-refractivity contribution is 0.668. The van der Waals surface area contributed by atoms with Crippen LogP contribution in [0.25, 0.3) is 99.9 Å². The maximum atomic E-state index is 6.26. The van der Waals surface area contributed by atoms with Gasteiger partial charge < -0.3 is 8.83 Å². The fraction of sp³-hybridized carbons (Fsp3) is 0. The summed E-state index contributed by atoms with van der Waals surface area (Å²) in [7, 11) is 0. The lowest BCUT2D eigenvalue weighted by Crippen LogP contribution is -2.01. The molecule has 0 unspecified atom stereocenters. The van der Waals surface area contributed by atoms with Gasteiger partial charge in [0.1, 0.15) is 22.3 Å². The van der Waals surface area contributed by atoms with E-state index in [1.54, 1.807) is 0 Å². The van der Waals surface area contributed by atoms with Crippen molar-refractivity contribution >= 4 is 54.6 Å². The van der Waals surface area contributed by atoms with Crippen molar-refractivity contribution in [3.05, 3.63) is 152 Å². The molecule has 0 amide bonds. The normalized spacial score (nSPS) is 11.8. The Morgan fingerprint density at radius 2 is 0.854 bits per heavy atom. The minimum atomic E-state index is 0.587. The van der Waals surface area contributed by atoms with Gasteiger partial charge in [0, 0.05) is 38.2 Å². The minimum Gasteiger partial charge on any atom is -0.456 e. The maximum Gasteiger partial charge on any atom is 0.164 e. The third-order valence-corrected chi connectivity index (χ3v) is 9.15. The Morgan fingerprint density at radius 3 is 1.67 bits per heavy atom. The van der Waals surface area contributed by atoms with Crippen LogP contribution in [-0.4, -0.2) is 15.0 Å². The summed E-state index contributed by atoms with van der Waals surface area (Å²) >= 11 is 0. The van der Waals surface area contributed by atoms with Crippen LogP contribution in [0.3, 0.4) is 0 Å². The summed E-state index contributed by atoms with van der Waals surface area (Å²) in [6.07, 6.45) is 0. The van der Waals surface area contributed by atoms with Crippen LogP contribution in [0.15, 0.2) is 160 Å². The zero-order valence-electron chi connectivity index (χ0n) is 25.6. The van der Waals surface area contributed by atoms with E-state index in [9.17, 15) is 0 Å². The molecular weight excluding hydrogens is 590 g/mol. The molecule has 48 heavy (non-hydrogen) atoms. The Labute approximate surface area is 274 Å². The Kier molecular flexibility index (Phi) is 5.81. The van der Waals surface area contributed by atoms with Crippen molar-refractivity contribution in [2.75, 3.05) is 0 Å². The van der Waals surface area contributed by atoms with Crippen LogP contribution >= 0.6 is 0 Å². The second-order valence-corrected chi connectivity index (χ2v) is 12.0. The third-order valence-electron chi connectivity index (χ3n) is 9.15. The number of furan rings is 2. The standard InChI is InChI=1S/C43H25N3O2/c1-2-11-26(12-3-1)27-13-8-14-28(25-27)41-44-42(46-43(45-41)34-19-10-22-37-40(34)33-16-5-7-21-36(33)47-37)31-18-9-17-30-29(31)23-24-38-39(30)32-15-4-6-20-35(32)48-38/h1-25H. The molecule has 0 aliphatic carbocycles. The highest BCUT2D eigenvalue weighted by molar-refractivity contribution is 6.20. The van der Waals surface area contributed by atoms with Crippen molar-refractivity contribution in [3.8, 4) is 45.3 Å². The van der Waals surface area contributed by atoms with Crippen LogP contribution in [0, 0.1) is 0 Å². The molecule has 5 heteroatoms. The first-order valence-corrected chi connectivity index (χ1v) is 15.9. The fourth-order valence-electron chi connectivity index (χ4n) is 6.95. The highest BCUT2D eigenvalue weighted by Gasteiger charge is 2.20. The number of rotatable bonds is 4. The van der Waals surface area contributed by atoms with Gasteiger partial charge in [0.05, 0.1) is 0 Å². The molecule has 0 saturated carbocycles. The molecule has 5 nitrogen and oxygen atoms in total. The molecule has 0 saturated heterocycles. The second kappa shape index (κ2) is 10.5. The summed E-state index contributed by atoms with van der Waals surface area (Å²) in [5.74, 6) is 1.79. The van der Waals surface area contributed by atoms with E-state index in [0.717, 1.165) is 82.5 Å². The van der Waals surface area contributed by atoms with Gasteiger partial charge in [0.15, 0.2) is 17.5 Å². The smallest absolute Gasteiger partial charge is 0.164 e. The van der Waals surface area contributed by atoms with Gasteiger partial charge in [-0.1, -0.05) is 115 Å². The molecule has 0 atom stereocenters. The quantitative estimate of drug-likeness (QED) is 0.197. The average Bonchev–Trinajstić information content (AvgIpc) is 3.74. The van der Waals surface area contributed by atoms with Gasteiger partial charge in [-0.3, -0.25) is 0 Å². The number of hydrogen-bond acceptors (Lipinski definition) is 5. The monoisotopic (exact) mass is 615 g/mol. The van der Waals surface area contributed by atoms with Crippen LogP contribution in [0.5, 0.6) is 0 Å². The molecule has 0 aliphatic heterocycles. The first-order chi connectivity index (χ1) is 23.8. The molecule has 224 valence electrons. The number of nitrogens with zero attached hydrogens (tertiary/aromatic N) is 3. The van der Waals surface area contributed by atoms with Crippen molar-refractivity contribution in [1.82, 2.24) is 15.0 Å². The van der Waals surface area contributed by atoms with E-state index < -0.39 is 0 Å². The molecule has 0 fully saturated rings. The van der Waals surface area contributed by atoms with Crippen molar-refractivity contribution in [2.24, 2.45) is 0 Å². The predicted molar refractivity (Wildman–Crippen MR) is 194 cm³/mol. The molecule has 3 heterocycles. The zero-order valence-corrected chi connectivity index (χ0v) is 25.6. The van der Waals surface area contributed by atoms with Crippen molar-refractivity contribution in [2.45, 2.75) is 0 Å². The Hall–Kier alpha value is -6.59. The van der Waals surface area contributed by atoms with Gasteiger partial charge in [0.2, 0.25) is 0 Å². The van der Waals surface area contributed by atoms with Crippen LogP contribution in [-0.2, 0) is 0 Å². The van der Waals surface area contributed by atoms with Gasteiger partial charge in [-0.2, -0.15) is 0 Å². The first-order valence-electron chi connectivity index (χ1n) is 15.9. The van der Waals surface area contributed by atoms with Gasteiger partial charge in [0.25, 0.3) is 0 Å². The van der Waals surface area contributed by atoms with E-state index in [1.165, 1.54) is 0 Å². The van der Waals surface area contributed by atoms with E-state index in [2.05, 4.69) is 91.0 Å². The SMILES string of the molecule is c1ccc(-c2cccc(-c3nc(-c4cccc5c4ccc4oc6ccccc6c45)nc(-c4cccc5oc6ccccc6c45)n3)c2)cc1. The van der Waals surface area contributed by atoms with E-state index >= 15 is 0 Å². The summed E-state index contributed by atoms with van der Waals surface area (Å²) in [4.78, 5) is 15.5. The third kappa shape index (κ3) is 4.15. The summed E-state index contributed by atoms with van der Waals surface area (Å²) in [5.41, 5.74) is 8.31. The molecule has 10 rings (SSSR count). The topological polar surface area (TPSA) is 65.0 Å². The molecule has 0 radical (unpaired) electrons. The summed E-state index contributed by atoms with van der Waals surface area (Å²) < 4.78 is 12.5. The molecule has 3 aromatic heterocycles. The van der Waals surface area contributed by atoms with Crippen LogP contribution in [0.4, 0.5) is 0 Å². The predicted octanol–water partition coefficient (Wildman–Crippen LogP) is 11.5. The van der Waals surface area contributed by atoms with Gasteiger partial charge in [-0.25, -0.2) is 15.0 Å². The number of para-hydroxylation sites is 2. The van der Waals surface area contributed by atoms with Gasteiger partial charge >= 0.3 is 0 Å². The highest BCUT2D eigenvalue weighted by Crippen LogP contribution is 2.40. The minimum absolute atomic E-state index is 0.587. The molecule has 10 aromatic rings. The molecule has 0 spiro atoms. The van der Waals surface area contributed by atoms with E-state index in [0.29, 0.717) is 17.5 Å². The van der Waals surface area contributed by atoms with Crippen LogP contribution in [0.1, 0.15) is 0 Å². The number of benzene rings is 7. The second-order valence-electron chi connectivity index (χ2n) is 12.0. The van der Waals surface area contributed by atoms with Gasteiger partial charge in [-0.15, -0.1) is 0 Å². The zero-order chi connectivity index (χ0) is 31.6. The van der Waals surface area contributed by atoms with E-state index in [1.807, 2.05) is 60.7 Å². The van der Waals surface area contributed by atoms with E-state index in [4.69, 9.17) is 23.8 Å². The lowest BCUT2D eigenvalue weighted by atomic mass is 9.99. The Morgan fingerprint density at radius 1 is 0.312 bits per heavy atom. The number of aromatic nitrogens is 3. The maximum absolute atomic E-state index is 6.26. The van der Waals surface area contributed by atoms with Crippen LogP contribution < -0.4 is 0 Å². The van der Waals surface area contributed by atoms with E-state index in [-0.39, 0.29) is 0 Å². The van der Waals surface area contributed by atoms with Crippen molar-refractivity contribution in [3.63, 3.8) is 0 Å². The summed E-state index contributed by atoms with van der Waals surface area (Å²) in [6, 6.07) is 51.6. The molecule has 0 N–H and O–H groups in total. The Balaban J connectivity index is 1.25. The van der Waals surface area contributed by atoms with Crippen molar-refractivity contribution in [1.29, 1.82) is 0 Å². The lowest BCUT2D eigenvalue weighted by Gasteiger charge is -2.12. The first kappa shape index (κ1) is 26.6. The van der Waals surface area contributed by atoms with Crippen molar-refractivity contribution < 1.29 is 8.83 Å². The summed E-state index contributed by atoms with van der Waals surface area (Å²) in [5, 5.41) is 6.32. The fourth-order valence-corrected chi connectivity index (χ4v) is 6.95. The van der Waals surface area contributed by atoms with Crippen LogP contribution in [0.2, 0.25) is 0 Å². The summed E-state index contributed by atoms with van der Waals surface area (Å²) in [6.45, 7) is 0. The number of fused-ring (bicyclic) bond motifs is 8. The number of hydrogen-bond donors (Lipinski definition) is 0. The largest absolute Gasteiger partial charge is 0.456 e.